The summed E-state index contributed by atoms with van der Waals surface area (Å²) in [5.74, 6) is -0.218. The molecule has 1 saturated heterocycles. The van der Waals surface area contributed by atoms with Crippen molar-refractivity contribution in [2.45, 2.75) is 33.6 Å². The van der Waals surface area contributed by atoms with Gasteiger partial charge in [-0.15, -0.1) is 0 Å². The third kappa shape index (κ3) is 6.57. The molecule has 2 aromatic carbocycles. The molecule has 1 fully saturated rings. The van der Waals surface area contributed by atoms with E-state index in [9.17, 15) is 14.4 Å². The Kier molecular flexibility index (Phi) is 7.87. The van der Waals surface area contributed by atoms with Crippen molar-refractivity contribution in [2.24, 2.45) is 11.8 Å². The van der Waals surface area contributed by atoms with Crippen molar-refractivity contribution in [3.05, 3.63) is 59.7 Å². The van der Waals surface area contributed by atoms with Crippen LogP contribution in [0, 0.1) is 18.8 Å². The number of hydrogen-bond acceptors (Lipinski definition) is 4. The molecule has 0 aromatic heterocycles. The lowest BCUT2D eigenvalue weighted by Crippen LogP contribution is -2.43. The second kappa shape index (κ2) is 10.8. The summed E-state index contributed by atoms with van der Waals surface area (Å²) < 4.78 is 5.13. The van der Waals surface area contributed by atoms with E-state index in [0.717, 1.165) is 18.4 Å². The van der Waals surface area contributed by atoms with Crippen molar-refractivity contribution in [1.29, 1.82) is 0 Å². The van der Waals surface area contributed by atoms with Crippen LogP contribution in [-0.2, 0) is 9.53 Å². The van der Waals surface area contributed by atoms with Crippen LogP contribution < -0.4 is 10.6 Å². The molecule has 1 unspecified atom stereocenters. The number of ether oxygens (including phenoxy) is 1. The summed E-state index contributed by atoms with van der Waals surface area (Å²) in [6, 6.07) is 14.4. The maximum Gasteiger partial charge on any atom is 0.411 e. The lowest BCUT2D eigenvalue weighted by Gasteiger charge is -2.32. The van der Waals surface area contributed by atoms with Gasteiger partial charge >= 0.3 is 6.09 Å². The lowest BCUT2D eigenvalue weighted by atomic mass is 9.96. The molecule has 2 N–H and O–H groups in total. The summed E-state index contributed by atoms with van der Waals surface area (Å²) in [6.07, 6.45) is 0.974. The Hall–Kier alpha value is -3.35. The van der Waals surface area contributed by atoms with Gasteiger partial charge in [0.05, 0.1) is 12.5 Å². The molecule has 0 spiro atoms. The van der Waals surface area contributed by atoms with Gasteiger partial charge in [-0.3, -0.25) is 14.9 Å². The Labute approximate surface area is 189 Å². The minimum atomic E-state index is -0.528. The topological polar surface area (TPSA) is 87.7 Å². The molecule has 2 aromatic rings. The molecule has 7 heteroatoms. The number of benzene rings is 2. The van der Waals surface area contributed by atoms with Crippen molar-refractivity contribution in [3.63, 3.8) is 0 Å². The van der Waals surface area contributed by atoms with Crippen LogP contribution in [0.3, 0.4) is 0 Å². The predicted molar refractivity (Wildman–Crippen MR) is 125 cm³/mol. The SMILES string of the molecule is Cc1ccc(C(=O)N2CCCC(C(=O)Nc3cccc(NC(=O)OCC(C)C)c3)C2)cc1. The fraction of sp³-hybridized carbons (Fsp3) is 0.400. The van der Waals surface area contributed by atoms with E-state index in [0.29, 0.717) is 36.6 Å². The smallest absolute Gasteiger partial charge is 0.411 e. The van der Waals surface area contributed by atoms with Crippen LogP contribution in [0.4, 0.5) is 16.2 Å². The molecular weight excluding hydrogens is 406 g/mol. The van der Waals surface area contributed by atoms with Gasteiger partial charge in [0.2, 0.25) is 5.91 Å². The second-order valence-electron chi connectivity index (χ2n) is 8.64. The van der Waals surface area contributed by atoms with Crippen LogP contribution in [0.5, 0.6) is 0 Å². The molecule has 1 aliphatic rings. The highest BCUT2D eigenvalue weighted by molar-refractivity contribution is 5.96. The Morgan fingerprint density at radius 2 is 1.75 bits per heavy atom. The van der Waals surface area contributed by atoms with Crippen LogP contribution in [0.25, 0.3) is 0 Å². The van der Waals surface area contributed by atoms with E-state index in [1.165, 1.54) is 0 Å². The summed E-state index contributed by atoms with van der Waals surface area (Å²) in [4.78, 5) is 39.3. The summed E-state index contributed by atoms with van der Waals surface area (Å²) in [7, 11) is 0. The third-order valence-corrected chi connectivity index (χ3v) is 5.30. The maximum absolute atomic E-state index is 12.9. The molecule has 0 bridgehead atoms. The highest BCUT2D eigenvalue weighted by atomic mass is 16.5. The van der Waals surface area contributed by atoms with Crippen molar-refractivity contribution in [3.8, 4) is 0 Å². The molecule has 1 aliphatic heterocycles. The first-order valence-electron chi connectivity index (χ1n) is 11.0. The normalized spacial score (nSPS) is 15.9. The van der Waals surface area contributed by atoms with Crippen LogP contribution in [0.1, 0.15) is 42.6 Å². The molecule has 7 nitrogen and oxygen atoms in total. The quantitative estimate of drug-likeness (QED) is 0.686. The monoisotopic (exact) mass is 437 g/mol. The number of hydrogen-bond donors (Lipinski definition) is 2. The number of nitrogens with zero attached hydrogens (tertiary/aromatic N) is 1. The number of likely N-dealkylation sites (tertiary alicyclic amines) is 1. The molecule has 170 valence electrons. The minimum absolute atomic E-state index is 0.0476. The first-order chi connectivity index (χ1) is 15.3. The number of nitrogens with one attached hydrogen (secondary N) is 2. The van der Waals surface area contributed by atoms with Crippen LogP contribution >= 0.6 is 0 Å². The van der Waals surface area contributed by atoms with Gasteiger partial charge < -0.3 is 15.0 Å². The van der Waals surface area contributed by atoms with Crippen molar-refractivity contribution < 1.29 is 19.1 Å². The molecule has 3 rings (SSSR count). The van der Waals surface area contributed by atoms with Gasteiger partial charge in [-0.05, 0) is 56.0 Å². The van der Waals surface area contributed by atoms with Gasteiger partial charge in [0.15, 0.2) is 0 Å². The van der Waals surface area contributed by atoms with Gasteiger partial charge in [-0.25, -0.2) is 4.79 Å². The Morgan fingerprint density at radius 3 is 2.44 bits per heavy atom. The number of carbonyl (C=O) groups is 3. The molecule has 3 amide bonds. The van der Waals surface area contributed by atoms with Crippen molar-refractivity contribution in [2.75, 3.05) is 30.3 Å². The zero-order valence-electron chi connectivity index (χ0n) is 18.9. The minimum Gasteiger partial charge on any atom is -0.449 e. The van der Waals surface area contributed by atoms with E-state index in [4.69, 9.17) is 4.74 Å². The third-order valence-electron chi connectivity index (χ3n) is 5.30. The van der Waals surface area contributed by atoms with Crippen molar-refractivity contribution in [1.82, 2.24) is 4.90 Å². The van der Waals surface area contributed by atoms with E-state index in [-0.39, 0.29) is 23.7 Å². The first kappa shape index (κ1) is 23.3. The van der Waals surface area contributed by atoms with Gasteiger partial charge in [0.1, 0.15) is 0 Å². The maximum atomic E-state index is 12.9. The molecule has 0 aliphatic carbocycles. The summed E-state index contributed by atoms with van der Waals surface area (Å²) in [5.41, 5.74) is 2.86. The number of amides is 3. The molecule has 32 heavy (non-hydrogen) atoms. The van der Waals surface area contributed by atoms with Crippen LogP contribution in [0.2, 0.25) is 0 Å². The zero-order valence-corrected chi connectivity index (χ0v) is 18.9. The van der Waals surface area contributed by atoms with E-state index in [1.54, 1.807) is 29.2 Å². The summed E-state index contributed by atoms with van der Waals surface area (Å²) in [5, 5.41) is 5.58. The molecule has 0 radical (unpaired) electrons. The van der Waals surface area contributed by atoms with Gasteiger partial charge in [0, 0.05) is 30.0 Å². The number of aryl methyl sites for hydroxylation is 1. The van der Waals surface area contributed by atoms with Gasteiger partial charge in [-0.2, -0.15) is 0 Å². The summed E-state index contributed by atoms with van der Waals surface area (Å²) in [6.45, 7) is 7.27. The highest BCUT2D eigenvalue weighted by Gasteiger charge is 2.29. The lowest BCUT2D eigenvalue weighted by molar-refractivity contribution is -0.121. The largest absolute Gasteiger partial charge is 0.449 e. The number of carbonyl (C=O) groups excluding carboxylic acids is 3. The van der Waals surface area contributed by atoms with E-state index < -0.39 is 6.09 Å². The van der Waals surface area contributed by atoms with Crippen LogP contribution in [0.15, 0.2) is 48.5 Å². The number of anilines is 2. The zero-order chi connectivity index (χ0) is 23.1. The first-order valence-corrected chi connectivity index (χ1v) is 11.0. The average Bonchev–Trinajstić information content (AvgIpc) is 2.78. The van der Waals surface area contributed by atoms with Gasteiger partial charge in [0.25, 0.3) is 5.91 Å². The Balaban J connectivity index is 1.57. The molecule has 1 atom stereocenters. The Morgan fingerprint density at radius 1 is 1.06 bits per heavy atom. The average molecular weight is 438 g/mol. The van der Waals surface area contributed by atoms with E-state index in [2.05, 4.69) is 10.6 Å². The van der Waals surface area contributed by atoms with Crippen LogP contribution in [-0.4, -0.2) is 42.5 Å². The van der Waals surface area contributed by atoms with E-state index in [1.807, 2.05) is 45.0 Å². The highest BCUT2D eigenvalue weighted by Crippen LogP contribution is 2.22. The molecular formula is C25H31N3O4. The second-order valence-corrected chi connectivity index (χ2v) is 8.64. The van der Waals surface area contributed by atoms with Gasteiger partial charge in [-0.1, -0.05) is 37.6 Å². The fourth-order valence-electron chi connectivity index (χ4n) is 3.57. The number of piperidine rings is 1. The predicted octanol–water partition coefficient (Wildman–Crippen LogP) is 4.69. The Bertz CT molecular complexity index is 956. The molecule has 0 saturated carbocycles. The number of rotatable bonds is 6. The van der Waals surface area contributed by atoms with Crippen molar-refractivity contribution >= 4 is 29.3 Å². The van der Waals surface area contributed by atoms with E-state index >= 15 is 0 Å². The standard InChI is InChI=1S/C25H31N3O4/c1-17(2)16-32-25(31)27-22-8-4-7-21(14-22)26-23(29)20-6-5-13-28(15-20)24(30)19-11-9-18(3)10-12-19/h4,7-12,14,17,20H,5-6,13,15-16H2,1-3H3,(H,26,29)(H,27,31). The fourth-order valence-corrected chi connectivity index (χ4v) is 3.57. The summed E-state index contributed by atoms with van der Waals surface area (Å²) >= 11 is 0. The molecule has 1 heterocycles.